The highest BCUT2D eigenvalue weighted by Crippen LogP contribution is 2.15. The minimum atomic E-state index is -0.110. The van der Waals surface area contributed by atoms with Crippen molar-refractivity contribution in [1.29, 1.82) is 0 Å². The molecule has 0 saturated carbocycles. The zero-order valence-corrected chi connectivity index (χ0v) is 11.5. The van der Waals surface area contributed by atoms with Gasteiger partial charge in [0.15, 0.2) is 5.76 Å². The average molecular weight is 254 g/mol. The molecule has 0 aliphatic carbocycles. The fourth-order valence-corrected chi connectivity index (χ4v) is 1.81. The second-order valence-corrected chi connectivity index (χ2v) is 4.93. The Kier molecular flexibility index (Phi) is 4.00. The molecule has 0 aliphatic rings. The lowest BCUT2D eigenvalue weighted by Gasteiger charge is -2.04. The first-order valence-corrected chi connectivity index (χ1v) is 6.45. The largest absolute Gasteiger partial charge is 0.458 e. The van der Waals surface area contributed by atoms with E-state index in [1.807, 2.05) is 25.1 Å². The third-order valence-corrected chi connectivity index (χ3v) is 3.01. The lowest BCUT2D eigenvalue weighted by molar-refractivity contribution is 0.102. The summed E-state index contributed by atoms with van der Waals surface area (Å²) in [4.78, 5) is 11.8. The van der Waals surface area contributed by atoms with Gasteiger partial charge in [-0.3, -0.25) is 4.79 Å². The molecule has 1 heterocycles. The van der Waals surface area contributed by atoms with Crippen molar-refractivity contribution >= 4 is 11.9 Å². The Labute approximate surface area is 113 Å². The molecule has 1 aromatic heterocycles. The summed E-state index contributed by atoms with van der Waals surface area (Å²) in [6, 6.07) is 11.7. The Morgan fingerprint density at radius 1 is 1.11 bits per heavy atom. The molecule has 2 nitrogen and oxygen atoms in total. The van der Waals surface area contributed by atoms with Crippen molar-refractivity contribution in [3.05, 3.63) is 65.1 Å². The first-order chi connectivity index (χ1) is 9.06. The maximum atomic E-state index is 11.8. The number of aryl methyl sites for hydroxylation is 1. The summed E-state index contributed by atoms with van der Waals surface area (Å²) >= 11 is 0. The molecule has 0 fully saturated rings. The molecule has 0 saturated heterocycles. The van der Waals surface area contributed by atoms with E-state index in [1.54, 1.807) is 18.2 Å². The third-order valence-electron chi connectivity index (χ3n) is 3.01. The van der Waals surface area contributed by atoms with Crippen molar-refractivity contribution in [2.45, 2.75) is 26.7 Å². The standard InChI is InChI=1S/C17H18O2/c1-12(2)15-8-5-14(6-9-15)7-10-16(18)17-11-4-13(3)19-17/h4-12H,1-3H3. The fraction of sp³-hybridized carbons (Fsp3) is 0.235. The highest BCUT2D eigenvalue weighted by atomic mass is 16.3. The summed E-state index contributed by atoms with van der Waals surface area (Å²) in [6.45, 7) is 6.15. The molecule has 0 aliphatic heterocycles. The van der Waals surface area contributed by atoms with Gasteiger partial charge in [0.2, 0.25) is 5.78 Å². The summed E-state index contributed by atoms with van der Waals surface area (Å²) in [5.74, 6) is 1.54. The van der Waals surface area contributed by atoms with Crippen LogP contribution in [0.3, 0.4) is 0 Å². The molecule has 2 rings (SSSR count). The molecule has 2 aromatic rings. The SMILES string of the molecule is Cc1ccc(C(=O)C=Cc2ccc(C(C)C)cc2)o1. The highest BCUT2D eigenvalue weighted by molar-refractivity contribution is 6.04. The number of carbonyl (C=O) groups is 1. The topological polar surface area (TPSA) is 30.2 Å². The number of carbonyl (C=O) groups excluding carboxylic acids is 1. The average Bonchev–Trinajstić information content (AvgIpc) is 2.83. The summed E-state index contributed by atoms with van der Waals surface area (Å²) in [5, 5.41) is 0. The number of hydrogen-bond acceptors (Lipinski definition) is 2. The van der Waals surface area contributed by atoms with E-state index in [4.69, 9.17) is 4.42 Å². The number of rotatable bonds is 4. The monoisotopic (exact) mass is 254 g/mol. The van der Waals surface area contributed by atoms with E-state index in [2.05, 4.69) is 26.0 Å². The van der Waals surface area contributed by atoms with Gasteiger partial charge in [-0.25, -0.2) is 0 Å². The summed E-state index contributed by atoms with van der Waals surface area (Å²) in [6.07, 6.45) is 3.35. The smallest absolute Gasteiger partial charge is 0.221 e. The molecule has 1 aromatic carbocycles. The van der Waals surface area contributed by atoms with Crippen molar-refractivity contribution in [3.63, 3.8) is 0 Å². The zero-order valence-electron chi connectivity index (χ0n) is 11.5. The first kappa shape index (κ1) is 13.3. The molecule has 0 atom stereocenters. The van der Waals surface area contributed by atoms with Crippen LogP contribution in [0.2, 0.25) is 0 Å². The molecule has 0 radical (unpaired) electrons. The van der Waals surface area contributed by atoms with Gasteiger partial charge in [0, 0.05) is 0 Å². The van der Waals surface area contributed by atoms with E-state index in [1.165, 1.54) is 5.56 Å². The van der Waals surface area contributed by atoms with Crippen LogP contribution in [0.25, 0.3) is 6.08 Å². The normalized spacial score (nSPS) is 11.4. The quantitative estimate of drug-likeness (QED) is 0.589. The molecule has 98 valence electrons. The van der Waals surface area contributed by atoms with Gasteiger partial charge in [-0.05, 0) is 42.2 Å². The van der Waals surface area contributed by atoms with Crippen molar-refractivity contribution < 1.29 is 9.21 Å². The van der Waals surface area contributed by atoms with Gasteiger partial charge in [0.1, 0.15) is 5.76 Å². The predicted octanol–water partition coefficient (Wildman–Crippen LogP) is 4.61. The van der Waals surface area contributed by atoms with Gasteiger partial charge in [-0.1, -0.05) is 44.2 Å². The number of ketones is 1. The van der Waals surface area contributed by atoms with Gasteiger partial charge in [-0.15, -0.1) is 0 Å². The van der Waals surface area contributed by atoms with E-state index in [0.717, 1.165) is 11.3 Å². The summed E-state index contributed by atoms with van der Waals surface area (Å²) < 4.78 is 5.28. The zero-order chi connectivity index (χ0) is 13.8. The van der Waals surface area contributed by atoms with E-state index in [9.17, 15) is 4.79 Å². The molecule has 0 spiro atoms. The van der Waals surface area contributed by atoms with Crippen LogP contribution in [0.15, 0.2) is 46.9 Å². The number of benzene rings is 1. The number of allylic oxidation sites excluding steroid dienone is 1. The Morgan fingerprint density at radius 3 is 2.32 bits per heavy atom. The van der Waals surface area contributed by atoms with Crippen molar-refractivity contribution in [3.8, 4) is 0 Å². The van der Waals surface area contributed by atoms with Gasteiger partial charge < -0.3 is 4.42 Å². The molecule has 0 N–H and O–H groups in total. The third kappa shape index (κ3) is 3.44. The van der Waals surface area contributed by atoms with Crippen LogP contribution in [0.4, 0.5) is 0 Å². The van der Waals surface area contributed by atoms with Crippen molar-refractivity contribution in [1.82, 2.24) is 0 Å². The maximum absolute atomic E-state index is 11.8. The Balaban J connectivity index is 2.08. The summed E-state index contributed by atoms with van der Waals surface area (Å²) in [7, 11) is 0. The molecule has 2 heteroatoms. The van der Waals surface area contributed by atoms with Crippen LogP contribution in [-0.4, -0.2) is 5.78 Å². The number of hydrogen-bond donors (Lipinski definition) is 0. The predicted molar refractivity (Wildman–Crippen MR) is 77.3 cm³/mol. The first-order valence-electron chi connectivity index (χ1n) is 6.45. The lowest BCUT2D eigenvalue weighted by Crippen LogP contribution is -1.91. The van der Waals surface area contributed by atoms with Crippen LogP contribution in [0.1, 0.15) is 47.2 Å². The van der Waals surface area contributed by atoms with E-state index < -0.39 is 0 Å². The van der Waals surface area contributed by atoms with Gasteiger partial charge in [0.05, 0.1) is 0 Å². The van der Waals surface area contributed by atoms with Gasteiger partial charge >= 0.3 is 0 Å². The van der Waals surface area contributed by atoms with Crippen molar-refractivity contribution in [2.75, 3.05) is 0 Å². The van der Waals surface area contributed by atoms with Gasteiger partial charge in [-0.2, -0.15) is 0 Å². The van der Waals surface area contributed by atoms with E-state index >= 15 is 0 Å². The van der Waals surface area contributed by atoms with E-state index in [-0.39, 0.29) is 5.78 Å². The minimum Gasteiger partial charge on any atom is -0.458 e. The van der Waals surface area contributed by atoms with E-state index in [0.29, 0.717) is 11.7 Å². The lowest BCUT2D eigenvalue weighted by atomic mass is 10.0. The number of furan rings is 1. The Hall–Kier alpha value is -2.09. The summed E-state index contributed by atoms with van der Waals surface area (Å²) in [5.41, 5.74) is 2.31. The fourth-order valence-electron chi connectivity index (χ4n) is 1.81. The molecular weight excluding hydrogens is 236 g/mol. The van der Waals surface area contributed by atoms with Crippen LogP contribution in [0.5, 0.6) is 0 Å². The molecule has 0 bridgehead atoms. The molecule has 0 amide bonds. The second kappa shape index (κ2) is 5.70. The van der Waals surface area contributed by atoms with Crippen LogP contribution >= 0.6 is 0 Å². The molecule has 0 unspecified atom stereocenters. The maximum Gasteiger partial charge on any atom is 0.221 e. The second-order valence-electron chi connectivity index (χ2n) is 4.93. The van der Waals surface area contributed by atoms with Crippen LogP contribution < -0.4 is 0 Å². The van der Waals surface area contributed by atoms with Gasteiger partial charge in [0.25, 0.3) is 0 Å². The Morgan fingerprint density at radius 2 is 1.79 bits per heavy atom. The minimum absolute atomic E-state index is 0.110. The molecule has 19 heavy (non-hydrogen) atoms. The van der Waals surface area contributed by atoms with Crippen molar-refractivity contribution in [2.24, 2.45) is 0 Å². The Bertz CT molecular complexity index is 586. The van der Waals surface area contributed by atoms with Crippen LogP contribution in [0, 0.1) is 6.92 Å². The van der Waals surface area contributed by atoms with Crippen LogP contribution in [-0.2, 0) is 0 Å². The highest BCUT2D eigenvalue weighted by Gasteiger charge is 2.05. The molecular formula is C17H18O2.